The summed E-state index contributed by atoms with van der Waals surface area (Å²) in [6, 6.07) is 7.85. The molecule has 6 aliphatic carbocycles. The number of aromatic nitrogens is 4. The van der Waals surface area contributed by atoms with Gasteiger partial charge in [-0.2, -0.15) is 4.98 Å². The lowest BCUT2D eigenvalue weighted by atomic mass is 9.53. The molecule has 1 atom stereocenters. The molecule has 6 fully saturated rings. The van der Waals surface area contributed by atoms with E-state index in [1.54, 1.807) is 0 Å². The van der Waals surface area contributed by atoms with Crippen LogP contribution in [0.1, 0.15) is 106 Å². The molecule has 10 heteroatoms. The Morgan fingerprint density at radius 1 is 1.02 bits per heavy atom. The van der Waals surface area contributed by atoms with E-state index in [0.29, 0.717) is 24.3 Å². The smallest absolute Gasteiger partial charge is 0.258 e. The van der Waals surface area contributed by atoms with Gasteiger partial charge in [-0.25, -0.2) is 4.39 Å². The maximum Gasteiger partial charge on any atom is 0.258 e. The van der Waals surface area contributed by atoms with Crippen molar-refractivity contribution in [3.05, 3.63) is 41.9 Å². The first-order valence-corrected chi connectivity index (χ1v) is 15.5. The summed E-state index contributed by atoms with van der Waals surface area (Å²) in [6.45, 7) is 0.631. The predicted octanol–water partition coefficient (Wildman–Crippen LogP) is 6.45. The van der Waals surface area contributed by atoms with Crippen LogP contribution in [0.5, 0.6) is 0 Å². The van der Waals surface area contributed by atoms with Gasteiger partial charge in [0.05, 0.1) is 0 Å². The third-order valence-corrected chi connectivity index (χ3v) is 10.8. The first-order chi connectivity index (χ1) is 19.3. The summed E-state index contributed by atoms with van der Waals surface area (Å²) in [5.74, 6) is 3.45. The summed E-state index contributed by atoms with van der Waals surface area (Å²) in [5.41, 5.74) is 1.61. The van der Waals surface area contributed by atoms with Crippen molar-refractivity contribution in [2.75, 3.05) is 11.4 Å². The Labute approximate surface area is 235 Å². The summed E-state index contributed by atoms with van der Waals surface area (Å²) in [4.78, 5) is 20.5. The zero-order valence-corrected chi connectivity index (χ0v) is 23.8. The van der Waals surface area contributed by atoms with Gasteiger partial charge in [0, 0.05) is 41.0 Å². The van der Waals surface area contributed by atoms with Gasteiger partial charge < -0.3 is 13.8 Å². The molecule has 9 rings (SSSR count). The zero-order chi connectivity index (χ0) is 27.1. The van der Waals surface area contributed by atoms with Crippen molar-refractivity contribution in [1.82, 2.24) is 20.3 Å². The molecule has 40 heavy (non-hydrogen) atoms. The largest absolute Gasteiger partial charge is 0.424 e. The zero-order valence-electron chi connectivity index (χ0n) is 22.6. The van der Waals surface area contributed by atoms with E-state index in [1.807, 2.05) is 29.2 Å². The monoisotopic (exact) mass is 563 g/mol. The number of anilines is 1. The second-order valence-corrected chi connectivity index (χ2v) is 14.4. The number of rotatable bonds is 8. The van der Waals surface area contributed by atoms with Crippen LogP contribution in [-0.4, -0.2) is 38.2 Å². The molecule has 0 N–H and O–H groups in total. The third-order valence-electron chi connectivity index (χ3n) is 10.3. The average Bonchev–Trinajstić information content (AvgIpc) is 3.89. The molecule has 6 aliphatic rings. The summed E-state index contributed by atoms with van der Waals surface area (Å²) < 4.78 is 26.2. The highest BCUT2D eigenvalue weighted by Crippen LogP contribution is 2.58. The molecule has 6 saturated carbocycles. The number of carbonyl (C=O) groups is 1. The Morgan fingerprint density at radius 2 is 1.75 bits per heavy atom. The second-order valence-electron chi connectivity index (χ2n) is 13.3. The molecule has 2 heterocycles. The minimum Gasteiger partial charge on any atom is -0.424 e. The third kappa shape index (κ3) is 4.40. The fourth-order valence-corrected chi connectivity index (χ4v) is 7.79. The number of alkyl halides is 1. The Bertz CT molecular complexity index is 1430. The number of benzene rings is 1. The SMILES string of the molecule is O=C(C1CC(F)(P)C1)N(CC12CCC(c3nnc(C4CC4)o3)(CC1)CC2)c1cccc(-c2nc(C3CC3)no2)c1. The van der Waals surface area contributed by atoms with E-state index >= 15 is 0 Å². The van der Waals surface area contributed by atoms with E-state index in [4.69, 9.17) is 8.94 Å². The molecular formula is C30H35FN5O3P. The molecule has 3 aromatic rings. The van der Waals surface area contributed by atoms with Gasteiger partial charge in [0.2, 0.25) is 17.7 Å². The van der Waals surface area contributed by atoms with Crippen LogP contribution in [0.3, 0.4) is 0 Å². The van der Waals surface area contributed by atoms with Gasteiger partial charge in [0.15, 0.2) is 5.82 Å². The minimum atomic E-state index is -1.34. The number of halogens is 1. The van der Waals surface area contributed by atoms with Gasteiger partial charge in [-0.3, -0.25) is 4.79 Å². The van der Waals surface area contributed by atoms with Crippen LogP contribution in [0.15, 0.2) is 33.2 Å². The minimum absolute atomic E-state index is 0.0137. The van der Waals surface area contributed by atoms with Crippen LogP contribution in [0.25, 0.3) is 11.5 Å². The van der Waals surface area contributed by atoms with Crippen molar-refractivity contribution >= 4 is 20.8 Å². The molecule has 0 spiro atoms. The standard InChI is InChI=1S/C30H35FN5O3P/c31-30(40)15-21(16-30)26(37)36(22-3-1-2-20(14-22)24-32-23(35-39-24)18-4-5-18)17-28-8-11-29(12-9-28,13-10-28)27-34-33-25(38-27)19-6-7-19/h1-3,14,18-19,21H,4-13,15-17,40H2. The molecule has 1 aromatic carbocycles. The molecule has 210 valence electrons. The van der Waals surface area contributed by atoms with E-state index in [1.165, 1.54) is 0 Å². The topological polar surface area (TPSA) is 98.2 Å². The average molecular weight is 564 g/mol. The highest BCUT2D eigenvalue weighted by molar-refractivity contribution is 7.18. The van der Waals surface area contributed by atoms with E-state index in [9.17, 15) is 9.18 Å². The Kier molecular flexibility index (Phi) is 5.59. The van der Waals surface area contributed by atoms with Gasteiger partial charge >= 0.3 is 0 Å². The Morgan fingerprint density at radius 3 is 2.42 bits per heavy atom. The lowest BCUT2D eigenvalue weighted by Gasteiger charge is -2.53. The van der Waals surface area contributed by atoms with Crippen LogP contribution < -0.4 is 4.90 Å². The predicted molar refractivity (Wildman–Crippen MR) is 148 cm³/mol. The van der Waals surface area contributed by atoms with Crippen LogP contribution in [-0.2, 0) is 10.2 Å². The molecule has 1 unspecified atom stereocenters. The van der Waals surface area contributed by atoms with Gasteiger partial charge in [-0.1, -0.05) is 20.5 Å². The van der Waals surface area contributed by atoms with Gasteiger partial charge in [0.1, 0.15) is 5.41 Å². The Hall–Kier alpha value is -2.67. The molecule has 0 saturated heterocycles. The number of carbonyl (C=O) groups excluding carboxylic acids is 1. The van der Waals surface area contributed by atoms with Crippen molar-refractivity contribution in [2.45, 2.75) is 99.7 Å². The summed E-state index contributed by atoms with van der Waals surface area (Å²) in [5, 5.41) is 11.7. The summed E-state index contributed by atoms with van der Waals surface area (Å²) >= 11 is 0. The van der Waals surface area contributed by atoms with Crippen LogP contribution in [0.2, 0.25) is 0 Å². The maximum absolute atomic E-state index is 14.4. The fourth-order valence-electron chi connectivity index (χ4n) is 7.22. The van der Waals surface area contributed by atoms with Crippen molar-refractivity contribution in [1.29, 1.82) is 0 Å². The molecular weight excluding hydrogens is 528 g/mol. The van der Waals surface area contributed by atoms with E-state index in [0.717, 1.165) is 93.1 Å². The first kappa shape index (κ1) is 25.1. The highest BCUT2D eigenvalue weighted by Gasteiger charge is 2.54. The highest BCUT2D eigenvalue weighted by atomic mass is 31.0. The maximum atomic E-state index is 14.4. The van der Waals surface area contributed by atoms with E-state index in [2.05, 4.69) is 29.6 Å². The lowest BCUT2D eigenvalue weighted by molar-refractivity contribution is -0.128. The van der Waals surface area contributed by atoms with Crippen molar-refractivity contribution in [2.24, 2.45) is 11.3 Å². The number of fused-ring (bicyclic) bond motifs is 3. The van der Waals surface area contributed by atoms with E-state index < -0.39 is 5.41 Å². The van der Waals surface area contributed by atoms with Crippen molar-refractivity contribution < 1.29 is 18.1 Å². The Balaban J connectivity index is 1.05. The number of nitrogens with zero attached hydrogens (tertiary/aromatic N) is 5. The lowest BCUT2D eigenvalue weighted by Crippen LogP contribution is -2.53. The second kappa shape index (κ2) is 8.91. The van der Waals surface area contributed by atoms with Crippen LogP contribution >= 0.6 is 9.24 Å². The molecule has 8 nitrogen and oxygen atoms in total. The van der Waals surface area contributed by atoms with Crippen LogP contribution in [0.4, 0.5) is 10.1 Å². The fraction of sp³-hybridized carbons (Fsp3) is 0.633. The number of amides is 1. The molecule has 2 aromatic heterocycles. The normalized spacial score (nSPS) is 33.1. The molecule has 2 bridgehead atoms. The van der Waals surface area contributed by atoms with E-state index in [-0.39, 0.29) is 35.5 Å². The van der Waals surface area contributed by atoms with Gasteiger partial charge in [-0.15, -0.1) is 10.2 Å². The van der Waals surface area contributed by atoms with Crippen LogP contribution in [0, 0.1) is 11.3 Å². The quantitative estimate of drug-likeness (QED) is 0.291. The number of hydrogen-bond acceptors (Lipinski definition) is 7. The summed E-state index contributed by atoms with van der Waals surface area (Å²) in [7, 11) is 2.28. The number of hydrogen-bond donors (Lipinski definition) is 0. The molecule has 0 radical (unpaired) electrons. The molecule has 0 aliphatic heterocycles. The van der Waals surface area contributed by atoms with Crippen molar-refractivity contribution in [3.8, 4) is 11.5 Å². The van der Waals surface area contributed by atoms with Gasteiger partial charge in [0.25, 0.3) is 5.89 Å². The first-order valence-electron chi connectivity index (χ1n) is 14.9. The summed E-state index contributed by atoms with van der Waals surface area (Å²) in [6.07, 6.45) is 11.0. The van der Waals surface area contributed by atoms with Crippen molar-refractivity contribution in [3.63, 3.8) is 0 Å². The van der Waals surface area contributed by atoms with Gasteiger partial charge in [-0.05, 0) is 101 Å². The molecule has 1 amide bonds.